The molecule has 2 aromatic rings. The number of nitrogens with zero attached hydrogens (tertiary/aromatic N) is 1. The average molecular weight is 568 g/mol. The molecule has 0 amide bonds. The summed E-state index contributed by atoms with van der Waals surface area (Å²) in [5.41, 5.74) is 4.37. The van der Waals surface area contributed by atoms with E-state index in [1.54, 1.807) is 6.92 Å². The predicted molar refractivity (Wildman–Crippen MR) is 159 cm³/mol. The maximum Gasteiger partial charge on any atom is 0.302 e. The minimum Gasteiger partial charge on any atom is -0.489 e. The van der Waals surface area contributed by atoms with E-state index in [1.165, 1.54) is 64.0 Å². The van der Waals surface area contributed by atoms with Gasteiger partial charge >= 0.3 is 11.9 Å². The number of fused-ring (bicyclic) bond motifs is 5. The minimum absolute atomic E-state index is 0.108. The molecule has 0 saturated heterocycles. The number of hydrogen-bond donors (Lipinski definition) is 0. The van der Waals surface area contributed by atoms with E-state index in [1.807, 2.05) is 6.07 Å². The third-order valence-electron chi connectivity index (χ3n) is 8.46. The predicted octanol–water partition coefficient (Wildman–Crippen LogP) is 6.82. The lowest BCUT2D eigenvalue weighted by Crippen LogP contribution is -2.45. The summed E-state index contributed by atoms with van der Waals surface area (Å²) in [5.74, 6) is 2.64. The lowest BCUT2D eigenvalue weighted by atomic mass is 9.55. The van der Waals surface area contributed by atoms with E-state index in [4.69, 9.17) is 19.2 Å². The van der Waals surface area contributed by atoms with Gasteiger partial charge in [0, 0.05) is 19.3 Å². The second kappa shape index (κ2) is 16.7. The number of benzene rings is 2. The van der Waals surface area contributed by atoms with Crippen molar-refractivity contribution in [2.75, 3.05) is 14.2 Å². The van der Waals surface area contributed by atoms with E-state index in [2.05, 4.69) is 59.3 Å². The van der Waals surface area contributed by atoms with Crippen LogP contribution in [0.1, 0.15) is 82.4 Å². The molecule has 8 heteroatoms. The summed E-state index contributed by atoms with van der Waals surface area (Å²) in [7, 11) is 2.54. The van der Waals surface area contributed by atoms with Crippen molar-refractivity contribution in [3.8, 4) is 5.75 Å². The van der Waals surface area contributed by atoms with Crippen molar-refractivity contribution < 1.29 is 28.6 Å². The molecule has 0 radical (unpaired) electrons. The van der Waals surface area contributed by atoms with Crippen molar-refractivity contribution in [1.82, 2.24) is 0 Å². The highest BCUT2D eigenvalue weighted by molar-refractivity contribution is 5.66. The summed E-state index contributed by atoms with van der Waals surface area (Å²) in [6, 6.07) is 17.1. The topological polar surface area (TPSA) is 108 Å². The van der Waals surface area contributed by atoms with Gasteiger partial charge in [-0.2, -0.15) is 4.91 Å². The molecule has 5 unspecified atom stereocenters. The molecule has 8 nitrogen and oxygen atoms in total. The molecule has 0 heterocycles. The number of aryl methyl sites for hydroxylation is 1. The molecule has 2 fully saturated rings. The smallest absolute Gasteiger partial charge is 0.302 e. The van der Waals surface area contributed by atoms with Crippen LogP contribution in [0.25, 0.3) is 0 Å². The Balaban J connectivity index is 0.000000463. The normalized spacial score (nSPS) is 24.8. The first-order chi connectivity index (χ1) is 19.6. The molecule has 0 aliphatic heterocycles. The molecule has 224 valence electrons. The van der Waals surface area contributed by atoms with Crippen molar-refractivity contribution in [3.63, 3.8) is 0 Å². The first kappa shape index (κ1) is 33.7. The summed E-state index contributed by atoms with van der Waals surface area (Å²) >= 11 is 0. The van der Waals surface area contributed by atoms with Crippen LogP contribution in [0.5, 0.6) is 5.75 Å². The third-order valence-corrected chi connectivity index (χ3v) is 8.46. The SMILES string of the molecule is CC(=O)OC1CCC2C3CCc4cc(OCc5ccccc5)ccc4C3CCC12C.CC=O.CN=O.COC(C)=O. The Hall–Kier alpha value is -3.55. The Morgan fingerprint density at radius 3 is 2.24 bits per heavy atom. The molecular weight excluding hydrogens is 522 g/mol. The fourth-order valence-corrected chi connectivity index (χ4v) is 6.74. The highest BCUT2D eigenvalue weighted by Gasteiger charge is 2.56. The Labute approximate surface area is 244 Å². The van der Waals surface area contributed by atoms with Crippen LogP contribution in [0.3, 0.4) is 0 Å². The van der Waals surface area contributed by atoms with E-state index in [0.29, 0.717) is 24.4 Å². The van der Waals surface area contributed by atoms with E-state index in [0.717, 1.165) is 31.3 Å². The Kier molecular flexibility index (Phi) is 13.7. The van der Waals surface area contributed by atoms with Gasteiger partial charge in [-0.1, -0.05) is 48.5 Å². The zero-order chi connectivity index (χ0) is 30.4. The Bertz CT molecular complexity index is 1130. The summed E-state index contributed by atoms with van der Waals surface area (Å²) in [4.78, 5) is 38.6. The lowest BCUT2D eigenvalue weighted by Gasteiger charge is -2.50. The zero-order valence-electron chi connectivity index (χ0n) is 25.3. The summed E-state index contributed by atoms with van der Waals surface area (Å²) < 4.78 is 15.9. The molecule has 41 heavy (non-hydrogen) atoms. The molecule has 5 rings (SSSR count). The molecule has 0 bridgehead atoms. The number of carbonyl (C=O) groups excluding carboxylic acids is 3. The van der Waals surface area contributed by atoms with Crippen molar-refractivity contribution in [3.05, 3.63) is 70.1 Å². The van der Waals surface area contributed by atoms with Crippen LogP contribution >= 0.6 is 0 Å². The Morgan fingerprint density at radius 1 is 1.02 bits per heavy atom. The standard InChI is InChI=1S/C27H32O3.C3H6O2.C2H4O.CH3NO/c1-18(28)30-26-13-12-25-24-10-8-20-16-21(29-17-19-6-4-3-5-7-19)9-11-22(20)23(24)14-15-27(25,26)2;1-3(4)5-2;2*1-2-3/h3-7,9,11,16,23-26H,8,10,12-15,17H2,1-2H3;1-2H3;2H,1H3;1H3. The van der Waals surface area contributed by atoms with Crippen molar-refractivity contribution in [2.24, 2.45) is 22.4 Å². The van der Waals surface area contributed by atoms with E-state index >= 15 is 0 Å². The van der Waals surface area contributed by atoms with Gasteiger partial charge in [0.1, 0.15) is 24.7 Å². The van der Waals surface area contributed by atoms with Gasteiger partial charge < -0.3 is 19.0 Å². The second-order valence-electron chi connectivity index (χ2n) is 10.9. The van der Waals surface area contributed by atoms with Gasteiger partial charge in [0.25, 0.3) is 0 Å². The fraction of sp³-hybridized carbons (Fsp3) is 0.545. The highest BCUT2D eigenvalue weighted by atomic mass is 16.5. The van der Waals surface area contributed by atoms with Crippen molar-refractivity contribution in [1.29, 1.82) is 0 Å². The first-order valence-corrected chi connectivity index (χ1v) is 14.3. The van der Waals surface area contributed by atoms with E-state index in [9.17, 15) is 9.59 Å². The van der Waals surface area contributed by atoms with Crippen LogP contribution in [-0.4, -0.2) is 38.5 Å². The third kappa shape index (κ3) is 9.23. The van der Waals surface area contributed by atoms with Gasteiger partial charge in [-0.15, -0.1) is 0 Å². The Morgan fingerprint density at radius 2 is 1.66 bits per heavy atom. The maximum absolute atomic E-state index is 11.6. The van der Waals surface area contributed by atoms with Crippen LogP contribution < -0.4 is 4.74 Å². The van der Waals surface area contributed by atoms with Crippen LogP contribution in [0.2, 0.25) is 0 Å². The minimum atomic E-state index is -0.245. The van der Waals surface area contributed by atoms with Crippen molar-refractivity contribution in [2.45, 2.75) is 84.8 Å². The lowest BCUT2D eigenvalue weighted by molar-refractivity contribution is -0.154. The molecule has 3 aliphatic rings. The monoisotopic (exact) mass is 567 g/mol. The molecular formula is C33H45NO7. The number of ether oxygens (including phenoxy) is 3. The molecule has 0 N–H and O–H groups in total. The molecule has 0 spiro atoms. The number of methoxy groups -OCH3 is 1. The molecule has 3 aliphatic carbocycles. The summed E-state index contributed by atoms with van der Waals surface area (Å²) in [6.07, 6.45) is 7.81. The van der Waals surface area contributed by atoms with Gasteiger partial charge in [-0.25, -0.2) is 0 Å². The van der Waals surface area contributed by atoms with E-state index in [-0.39, 0.29) is 23.5 Å². The summed E-state index contributed by atoms with van der Waals surface area (Å²) in [6.45, 7) is 7.35. The van der Waals surface area contributed by atoms with Crippen LogP contribution in [0.15, 0.2) is 53.7 Å². The number of aldehydes is 1. The van der Waals surface area contributed by atoms with E-state index < -0.39 is 0 Å². The van der Waals surface area contributed by atoms with Gasteiger partial charge in [-0.3, -0.25) is 9.59 Å². The van der Waals surface area contributed by atoms with Crippen LogP contribution in [0.4, 0.5) is 0 Å². The molecule has 0 aromatic heterocycles. The average Bonchev–Trinajstić information content (AvgIpc) is 3.28. The molecule has 2 saturated carbocycles. The van der Waals surface area contributed by atoms with Crippen LogP contribution in [-0.2, 0) is 36.9 Å². The van der Waals surface area contributed by atoms with Crippen LogP contribution in [0, 0.1) is 22.2 Å². The maximum atomic E-state index is 11.6. The zero-order valence-corrected chi connectivity index (χ0v) is 25.3. The van der Waals surface area contributed by atoms with Gasteiger partial charge in [0.2, 0.25) is 0 Å². The molecule has 2 aromatic carbocycles. The van der Waals surface area contributed by atoms with Gasteiger partial charge in [0.15, 0.2) is 0 Å². The van der Waals surface area contributed by atoms with Gasteiger partial charge in [-0.05, 0) is 92.0 Å². The highest BCUT2D eigenvalue weighted by Crippen LogP contribution is 2.61. The summed E-state index contributed by atoms with van der Waals surface area (Å²) in [5, 5.41) is 2.25. The number of nitroso groups, excluding NO2 is 1. The number of rotatable bonds is 4. The first-order valence-electron chi connectivity index (χ1n) is 14.3. The van der Waals surface area contributed by atoms with Gasteiger partial charge in [0.05, 0.1) is 14.2 Å². The van der Waals surface area contributed by atoms with Crippen molar-refractivity contribution >= 4 is 18.2 Å². The molecule has 5 atom stereocenters. The second-order valence-corrected chi connectivity index (χ2v) is 10.9. The largest absolute Gasteiger partial charge is 0.489 e. The number of hydrogen-bond acceptors (Lipinski definition) is 8. The fourth-order valence-electron chi connectivity index (χ4n) is 6.74. The quantitative estimate of drug-likeness (QED) is 0.227. The number of esters is 2. The number of carbonyl (C=O) groups is 3.